The molecule has 1 aliphatic rings. The summed E-state index contributed by atoms with van der Waals surface area (Å²) in [4.78, 5) is 14.2. The lowest BCUT2D eigenvalue weighted by Crippen LogP contribution is -2.43. The van der Waals surface area contributed by atoms with Gasteiger partial charge in [0.2, 0.25) is 5.91 Å². The largest absolute Gasteiger partial charge is 0.375 e. The second-order valence-electron chi connectivity index (χ2n) is 5.62. The molecular formula is C14H29ClN2O2S. The molecule has 0 radical (unpaired) electrons. The fourth-order valence-electron chi connectivity index (χ4n) is 2.74. The molecule has 0 bridgehead atoms. The van der Waals surface area contributed by atoms with Gasteiger partial charge in [0.1, 0.15) is 6.61 Å². The molecule has 20 heavy (non-hydrogen) atoms. The number of carbonyl (C=O) groups excluding carboxylic acids is 1. The lowest BCUT2D eigenvalue weighted by Gasteiger charge is -2.22. The maximum atomic E-state index is 11.7. The molecule has 0 aromatic rings. The van der Waals surface area contributed by atoms with Gasteiger partial charge in [-0.1, -0.05) is 13.8 Å². The van der Waals surface area contributed by atoms with Crippen molar-refractivity contribution >= 4 is 30.1 Å². The van der Waals surface area contributed by atoms with Gasteiger partial charge in [-0.3, -0.25) is 4.79 Å². The molecule has 6 heteroatoms. The zero-order chi connectivity index (χ0) is 14.3. The molecule has 1 rings (SSSR count). The van der Waals surface area contributed by atoms with Gasteiger partial charge in [0.15, 0.2) is 0 Å². The average molecular weight is 325 g/mol. The van der Waals surface area contributed by atoms with E-state index < -0.39 is 0 Å². The van der Waals surface area contributed by atoms with Crippen molar-refractivity contribution in [1.29, 1.82) is 0 Å². The monoisotopic (exact) mass is 324 g/mol. The van der Waals surface area contributed by atoms with Crippen LogP contribution in [0, 0.1) is 11.8 Å². The fourth-order valence-corrected chi connectivity index (χ4v) is 3.15. The summed E-state index contributed by atoms with van der Waals surface area (Å²) in [6.45, 7) is 7.86. The van der Waals surface area contributed by atoms with E-state index in [0.717, 1.165) is 19.6 Å². The quantitative estimate of drug-likeness (QED) is 0.692. The maximum absolute atomic E-state index is 11.7. The molecule has 0 unspecified atom stereocenters. The zero-order valence-corrected chi connectivity index (χ0v) is 14.7. The Morgan fingerprint density at radius 3 is 2.70 bits per heavy atom. The Kier molecular flexibility index (Phi) is 10.7. The molecule has 0 aliphatic carbocycles. The van der Waals surface area contributed by atoms with Crippen LogP contribution in [0.2, 0.25) is 0 Å². The molecule has 1 amide bonds. The van der Waals surface area contributed by atoms with Crippen LogP contribution in [-0.2, 0) is 9.53 Å². The third kappa shape index (κ3) is 6.66. The number of hydrogen-bond donors (Lipinski definition) is 1. The number of amides is 1. The molecular weight excluding hydrogens is 296 g/mol. The minimum atomic E-state index is 0. The van der Waals surface area contributed by atoms with E-state index in [1.54, 1.807) is 7.11 Å². The number of thioether (sulfide) groups is 1. The molecule has 0 aromatic heterocycles. The van der Waals surface area contributed by atoms with Crippen molar-refractivity contribution in [3.63, 3.8) is 0 Å². The number of nitrogens with one attached hydrogen (secondary N) is 1. The number of carbonyl (C=O) groups is 1. The van der Waals surface area contributed by atoms with Gasteiger partial charge in [-0.25, -0.2) is 0 Å². The van der Waals surface area contributed by atoms with Crippen molar-refractivity contribution < 1.29 is 9.53 Å². The van der Waals surface area contributed by atoms with Crippen molar-refractivity contribution in [1.82, 2.24) is 10.2 Å². The maximum Gasteiger partial charge on any atom is 0.246 e. The van der Waals surface area contributed by atoms with Crippen LogP contribution in [0.4, 0.5) is 0 Å². The van der Waals surface area contributed by atoms with E-state index in [4.69, 9.17) is 4.74 Å². The number of rotatable bonds is 8. The van der Waals surface area contributed by atoms with Crippen LogP contribution in [0.5, 0.6) is 0 Å². The normalized spacial score (nSPS) is 22.9. The highest BCUT2D eigenvalue weighted by Crippen LogP contribution is 2.24. The summed E-state index contributed by atoms with van der Waals surface area (Å²) in [6.07, 6.45) is 3.37. The second kappa shape index (κ2) is 10.7. The van der Waals surface area contributed by atoms with Gasteiger partial charge >= 0.3 is 0 Å². The van der Waals surface area contributed by atoms with Crippen LogP contribution in [0.3, 0.4) is 0 Å². The van der Waals surface area contributed by atoms with E-state index >= 15 is 0 Å². The summed E-state index contributed by atoms with van der Waals surface area (Å²) in [5, 5.41) is 3.12. The predicted octanol–water partition coefficient (Wildman–Crippen LogP) is 1.88. The summed E-state index contributed by atoms with van der Waals surface area (Å²) in [5.74, 6) is 2.36. The molecule has 0 aromatic carbocycles. The number of nitrogens with zero attached hydrogens (tertiary/aromatic N) is 1. The molecule has 1 fully saturated rings. The van der Waals surface area contributed by atoms with Crippen molar-refractivity contribution in [3.05, 3.63) is 0 Å². The Morgan fingerprint density at radius 1 is 1.45 bits per heavy atom. The molecule has 0 spiro atoms. The Balaban J connectivity index is 0.00000361. The van der Waals surface area contributed by atoms with Gasteiger partial charge < -0.3 is 15.0 Å². The summed E-state index contributed by atoms with van der Waals surface area (Å²) < 4.78 is 4.89. The topological polar surface area (TPSA) is 41.6 Å². The summed E-state index contributed by atoms with van der Waals surface area (Å²) in [5.41, 5.74) is 0. The predicted molar refractivity (Wildman–Crippen MR) is 88.8 cm³/mol. The standard InChI is InChI=1S/C14H28N2O2S.ClH/c1-11(2)12-8-16(6-5-7-19-4)9-13(12)15-14(17)10-18-3;/h11-13H,5-10H2,1-4H3,(H,15,17);1H/t12-,13+;/m1./s1. The molecule has 1 N–H and O–H groups in total. The Hall–Kier alpha value is 0.0300. The minimum Gasteiger partial charge on any atom is -0.375 e. The number of likely N-dealkylation sites (tertiary alicyclic amines) is 1. The molecule has 1 saturated heterocycles. The van der Waals surface area contributed by atoms with E-state index in [2.05, 4.69) is 30.3 Å². The van der Waals surface area contributed by atoms with Crippen LogP contribution in [0.1, 0.15) is 20.3 Å². The second-order valence-corrected chi connectivity index (χ2v) is 6.61. The smallest absolute Gasteiger partial charge is 0.246 e. The third-order valence-corrected chi connectivity index (χ3v) is 4.44. The van der Waals surface area contributed by atoms with Crippen LogP contribution in [-0.4, -0.2) is 62.2 Å². The van der Waals surface area contributed by atoms with Gasteiger partial charge in [0.25, 0.3) is 0 Å². The van der Waals surface area contributed by atoms with Crippen molar-refractivity contribution in [2.45, 2.75) is 26.3 Å². The first-order valence-corrected chi connectivity index (χ1v) is 8.47. The number of ether oxygens (including phenoxy) is 1. The molecule has 1 heterocycles. The van der Waals surface area contributed by atoms with E-state index in [9.17, 15) is 4.79 Å². The van der Waals surface area contributed by atoms with Gasteiger partial charge in [-0.2, -0.15) is 11.8 Å². The Bertz CT molecular complexity index is 280. The third-order valence-electron chi connectivity index (χ3n) is 3.74. The van der Waals surface area contributed by atoms with Gasteiger partial charge in [-0.05, 0) is 36.8 Å². The summed E-state index contributed by atoms with van der Waals surface area (Å²) in [7, 11) is 1.56. The first kappa shape index (κ1) is 20.0. The first-order valence-electron chi connectivity index (χ1n) is 7.08. The highest BCUT2D eigenvalue weighted by molar-refractivity contribution is 7.98. The van der Waals surface area contributed by atoms with Crippen molar-refractivity contribution in [2.75, 3.05) is 45.4 Å². The van der Waals surface area contributed by atoms with Gasteiger partial charge in [-0.15, -0.1) is 12.4 Å². The lowest BCUT2D eigenvalue weighted by atomic mass is 9.91. The molecule has 120 valence electrons. The van der Waals surface area contributed by atoms with Crippen LogP contribution in [0.25, 0.3) is 0 Å². The van der Waals surface area contributed by atoms with E-state index in [-0.39, 0.29) is 31.0 Å². The Morgan fingerprint density at radius 2 is 2.15 bits per heavy atom. The lowest BCUT2D eigenvalue weighted by molar-refractivity contribution is -0.125. The van der Waals surface area contributed by atoms with E-state index in [1.807, 2.05) is 11.8 Å². The molecule has 0 saturated carbocycles. The van der Waals surface area contributed by atoms with E-state index in [0.29, 0.717) is 11.8 Å². The van der Waals surface area contributed by atoms with Gasteiger partial charge in [0.05, 0.1) is 0 Å². The fraction of sp³-hybridized carbons (Fsp3) is 0.929. The SMILES string of the molecule is COCC(=O)N[C@H]1CN(CCCSC)C[C@@H]1C(C)C.Cl. The summed E-state index contributed by atoms with van der Waals surface area (Å²) >= 11 is 1.90. The van der Waals surface area contributed by atoms with Crippen LogP contribution < -0.4 is 5.32 Å². The van der Waals surface area contributed by atoms with E-state index in [1.165, 1.54) is 12.2 Å². The first-order chi connectivity index (χ1) is 9.08. The Labute approximate surface area is 133 Å². The molecule has 1 aliphatic heterocycles. The number of halogens is 1. The van der Waals surface area contributed by atoms with Crippen molar-refractivity contribution in [3.8, 4) is 0 Å². The minimum absolute atomic E-state index is 0. The van der Waals surface area contributed by atoms with Gasteiger partial charge in [0, 0.05) is 26.2 Å². The van der Waals surface area contributed by atoms with Crippen LogP contribution >= 0.6 is 24.2 Å². The highest BCUT2D eigenvalue weighted by atomic mass is 35.5. The average Bonchev–Trinajstić information content (AvgIpc) is 2.73. The molecule has 4 nitrogen and oxygen atoms in total. The number of methoxy groups -OCH3 is 1. The highest BCUT2D eigenvalue weighted by Gasteiger charge is 2.34. The summed E-state index contributed by atoms with van der Waals surface area (Å²) in [6, 6.07) is 0.275. The number of hydrogen-bond acceptors (Lipinski definition) is 4. The van der Waals surface area contributed by atoms with Crippen molar-refractivity contribution in [2.24, 2.45) is 11.8 Å². The zero-order valence-electron chi connectivity index (χ0n) is 13.1. The van der Waals surface area contributed by atoms with Crippen LogP contribution in [0.15, 0.2) is 0 Å². The molecule has 2 atom stereocenters.